The number of rotatable bonds is 3. The molecule has 0 bridgehead atoms. The molecule has 4 nitrogen and oxygen atoms in total. The molecule has 1 heterocycles. The molecular weight excluding hydrogens is 230 g/mol. The molecular formula is C11H16ClNO3. The van der Waals surface area contributed by atoms with Crippen molar-refractivity contribution >= 4 is 18.3 Å². The lowest BCUT2D eigenvalue weighted by molar-refractivity contribution is -0.117. The van der Waals surface area contributed by atoms with E-state index in [1.807, 2.05) is 18.2 Å². The molecule has 5 heteroatoms. The van der Waals surface area contributed by atoms with Crippen LogP contribution in [0.25, 0.3) is 0 Å². The number of aryl methyl sites for hydroxylation is 1. The number of benzene rings is 1. The standard InChI is InChI=1S/C10H11NO3.CH4.ClH/c11-10(12)4-2-7-1-3-8-9(5-7)14-6-13-8;;/h1,3,5H,2,4,6H2,(H2,11,12);1H4;1H. The molecule has 0 unspecified atom stereocenters. The Morgan fingerprint density at radius 1 is 1.31 bits per heavy atom. The molecule has 0 saturated carbocycles. The summed E-state index contributed by atoms with van der Waals surface area (Å²) in [5.74, 6) is 1.21. The minimum atomic E-state index is -0.289. The van der Waals surface area contributed by atoms with Gasteiger partial charge >= 0.3 is 0 Å². The first-order chi connectivity index (χ1) is 6.75. The molecule has 0 saturated heterocycles. The van der Waals surface area contributed by atoms with E-state index in [9.17, 15) is 4.79 Å². The van der Waals surface area contributed by atoms with Crippen molar-refractivity contribution in [3.8, 4) is 11.5 Å². The van der Waals surface area contributed by atoms with Crippen molar-refractivity contribution < 1.29 is 14.3 Å². The molecule has 0 aromatic heterocycles. The van der Waals surface area contributed by atoms with Gasteiger partial charge in [0.05, 0.1) is 0 Å². The number of halogens is 1. The number of hydrogen-bond acceptors (Lipinski definition) is 3. The first-order valence-corrected chi connectivity index (χ1v) is 4.42. The van der Waals surface area contributed by atoms with Gasteiger partial charge in [-0.15, -0.1) is 12.4 Å². The van der Waals surface area contributed by atoms with E-state index in [1.54, 1.807) is 0 Å². The van der Waals surface area contributed by atoms with Gasteiger partial charge < -0.3 is 15.2 Å². The van der Waals surface area contributed by atoms with Crippen LogP contribution in [0.1, 0.15) is 19.4 Å². The summed E-state index contributed by atoms with van der Waals surface area (Å²) in [6, 6.07) is 5.64. The van der Waals surface area contributed by atoms with E-state index in [2.05, 4.69) is 0 Å². The number of primary amides is 1. The molecule has 16 heavy (non-hydrogen) atoms. The van der Waals surface area contributed by atoms with Gasteiger partial charge in [0, 0.05) is 6.42 Å². The molecule has 90 valence electrons. The predicted molar refractivity (Wildman–Crippen MR) is 64.1 cm³/mol. The number of nitrogens with two attached hydrogens (primary N) is 1. The van der Waals surface area contributed by atoms with Crippen molar-refractivity contribution in [3.63, 3.8) is 0 Å². The van der Waals surface area contributed by atoms with E-state index in [4.69, 9.17) is 15.2 Å². The number of carbonyl (C=O) groups excluding carboxylic acids is 1. The van der Waals surface area contributed by atoms with Crippen LogP contribution in [0.3, 0.4) is 0 Å². The maximum Gasteiger partial charge on any atom is 0.231 e. The van der Waals surface area contributed by atoms with Crippen LogP contribution in [0, 0.1) is 0 Å². The lowest BCUT2D eigenvalue weighted by Crippen LogP contribution is -2.11. The van der Waals surface area contributed by atoms with Crippen molar-refractivity contribution in [1.29, 1.82) is 0 Å². The molecule has 0 fully saturated rings. The van der Waals surface area contributed by atoms with Crippen molar-refractivity contribution in [2.24, 2.45) is 5.73 Å². The maximum absolute atomic E-state index is 10.6. The molecule has 1 amide bonds. The summed E-state index contributed by atoms with van der Waals surface area (Å²) in [5, 5.41) is 0. The van der Waals surface area contributed by atoms with Crippen LogP contribution in [0.2, 0.25) is 0 Å². The summed E-state index contributed by atoms with van der Waals surface area (Å²) in [6.45, 7) is 0.272. The minimum Gasteiger partial charge on any atom is -0.454 e. The Morgan fingerprint density at radius 3 is 2.69 bits per heavy atom. The molecule has 0 spiro atoms. The minimum absolute atomic E-state index is 0. The van der Waals surface area contributed by atoms with Gasteiger partial charge in [0.1, 0.15) is 0 Å². The fraction of sp³-hybridized carbons (Fsp3) is 0.364. The van der Waals surface area contributed by atoms with Crippen LogP contribution < -0.4 is 15.2 Å². The van der Waals surface area contributed by atoms with Gasteiger partial charge in [0.2, 0.25) is 12.7 Å². The molecule has 2 rings (SSSR count). The van der Waals surface area contributed by atoms with E-state index < -0.39 is 0 Å². The molecule has 0 radical (unpaired) electrons. The molecule has 2 N–H and O–H groups in total. The topological polar surface area (TPSA) is 61.6 Å². The molecule has 1 aliphatic heterocycles. The molecule has 0 aliphatic carbocycles. The summed E-state index contributed by atoms with van der Waals surface area (Å²) < 4.78 is 10.4. The quantitative estimate of drug-likeness (QED) is 0.885. The first-order valence-electron chi connectivity index (χ1n) is 4.42. The Kier molecular flexibility index (Phi) is 5.67. The third-order valence-electron chi connectivity index (χ3n) is 2.10. The Balaban J connectivity index is 0.00000112. The number of fused-ring (bicyclic) bond motifs is 1. The zero-order valence-electron chi connectivity index (χ0n) is 8.06. The summed E-state index contributed by atoms with van der Waals surface area (Å²) in [5.41, 5.74) is 6.09. The van der Waals surface area contributed by atoms with Crippen LogP contribution in [0.4, 0.5) is 0 Å². The first kappa shape index (κ1) is 14.6. The summed E-state index contributed by atoms with van der Waals surface area (Å²) >= 11 is 0. The van der Waals surface area contributed by atoms with Gasteiger partial charge in [0.15, 0.2) is 11.5 Å². The van der Waals surface area contributed by atoms with Crippen molar-refractivity contribution in [3.05, 3.63) is 23.8 Å². The molecule has 1 aromatic rings. The Labute approximate surface area is 101 Å². The summed E-state index contributed by atoms with van der Waals surface area (Å²) in [7, 11) is 0. The fourth-order valence-electron chi connectivity index (χ4n) is 1.36. The van der Waals surface area contributed by atoms with E-state index in [-0.39, 0.29) is 32.5 Å². The zero-order chi connectivity index (χ0) is 9.97. The van der Waals surface area contributed by atoms with Crippen LogP contribution in [0.5, 0.6) is 11.5 Å². The van der Waals surface area contributed by atoms with Crippen LogP contribution in [-0.2, 0) is 11.2 Å². The highest BCUT2D eigenvalue weighted by Crippen LogP contribution is 2.32. The Morgan fingerprint density at radius 2 is 2.00 bits per heavy atom. The van der Waals surface area contributed by atoms with Crippen LogP contribution >= 0.6 is 12.4 Å². The maximum atomic E-state index is 10.6. The molecule has 1 aliphatic rings. The van der Waals surface area contributed by atoms with Crippen molar-refractivity contribution in [2.75, 3.05) is 6.79 Å². The summed E-state index contributed by atoms with van der Waals surface area (Å²) in [4.78, 5) is 10.6. The molecule has 1 aromatic carbocycles. The average Bonchev–Trinajstić information content (AvgIpc) is 2.61. The highest BCUT2D eigenvalue weighted by atomic mass is 35.5. The Hall–Kier alpha value is -1.42. The smallest absolute Gasteiger partial charge is 0.231 e. The van der Waals surface area contributed by atoms with Gasteiger partial charge in [0.25, 0.3) is 0 Å². The summed E-state index contributed by atoms with van der Waals surface area (Å²) in [6.07, 6.45) is 1.01. The van der Waals surface area contributed by atoms with Gasteiger partial charge in [-0.05, 0) is 24.1 Å². The number of ether oxygens (including phenoxy) is 2. The number of hydrogen-bond donors (Lipinski definition) is 1. The third-order valence-corrected chi connectivity index (χ3v) is 2.10. The average molecular weight is 246 g/mol. The largest absolute Gasteiger partial charge is 0.454 e. The third kappa shape index (κ3) is 3.31. The second-order valence-corrected chi connectivity index (χ2v) is 3.15. The highest BCUT2D eigenvalue weighted by molar-refractivity contribution is 5.85. The lowest BCUT2D eigenvalue weighted by Gasteiger charge is -2.00. The monoisotopic (exact) mass is 245 g/mol. The van der Waals surface area contributed by atoms with E-state index >= 15 is 0 Å². The predicted octanol–water partition coefficient (Wildman–Crippen LogP) is 1.89. The molecule has 0 atom stereocenters. The Bertz CT molecular complexity index is 368. The van der Waals surface area contributed by atoms with E-state index in [1.165, 1.54) is 0 Å². The van der Waals surface area contributed by atoms with E-state index in [0.717, 1.165) is 17.1 Å². The number of amides is 1. The van der Waals surface area contributed by atoms with Crippen LogP contribution in [0.15, 0.2) is 18.2 Å². The normalized spacial score (nSPS) is 11.2. The van der Waals surface area contributed by atoms with Gasteiger partial charge in [-0.1, -0.05) is 13.5 Å². The fourth-order valence-corrected chi connectivity index (χ4v) is 1.36. The zero-order valence-corrected chi connectivity index (χ0v) is 8.88. The van der Waals surface area contributed by atoms with Crippen LogP contribution in [-0.4, -0.2) is 12.7 Å². The van der Waals surface area contributed by atoms with Gasteiger partial charge in [-0.3, -0.25) is 4.79 Å². The highest BCUT2D eigenvalue weighted by Gasteiger charge is 2.12. The van der Waals surface area contributed by atoms with Crippen molar-refractivity contribution in [1.82, 2.24) is 0 Å². The van der Waals surface area contributed by atoms with Gasteiger partial charge in [-0.25, -0.2) is 0 Å². The van der Waals surface area contributed by atoms with Crippen molar-refractivity contribution in [2.45, 2.75) is 20.3 Å². The SMILES string of the molecule is C.Cl.NC(=O)CCc1ccc2c(c1)OCO2. The second-order valence-electron chi connectivity index (χ2n) is 3.15. The second kappa shape index (κ2) is 6.23. The van der Waals surface area contributed by atoms with Gasteiger partial charge in [-0.2, -0.15) is 0 Å². The lowest BCUT2D eigenvalue weighted by atomic mass is 10.1. The number of carbonyl (C=O) groups is 1. The van der Waals surface area contributed by atoms with E-state index in [0.29, 0.717) is 12.8 Å².